The number of alkyl halides is 3. The quantitative estimate of drug-likeness (QED) is 0.180. The van der Waals surface area contributed by atoms with Gasteiger partial charge in [0.15, 0.2) is 0 Å². The van der Waals surface area contributed by atoms with Gasteiger partial charge in [0.1, 0.15) is 5.75 Å². The van der Waals surface area contributed by atoms with E-state index < -0.39 is 18.3 Å². The Labute approximate surface area is 180 Å². The molecular formula is C19H20F3N7O3. The lowest BCUT2D eigenvalue weighted by Crippen LogP contribution is -2.45. The molecule has 0 radical (unpaired) electrons. The molecule has 3 rings (SSSR count). The van der Waals surface area contributed by atoms with Crippen LogP contribution in [0.25, 0.3) is 0 Å². The highest BCUT2D eigenvalue weighted by atomic mass is 19.4. The maximum Gasteiger partial charge on any atom is 0.573 e. The largest absolute Gasteiger partial charge is 0.573 e. The summed E-state index contributed by atoms with van der Waals surface area (Å²) in [6.07, 6.45) is -3.53. The molecule has 1 unspecified atom stereocenters. The molecule has 2 aromatic rings. The summed E-state index contributed by atoms with van der Waals surface area (Å²) < 4.78 is 40.4. The average Bonchev–Trinajstić information content (AvgIpc) is 3.14. The number of nitrogens with one attached hydrogen (secondary N) is 4. The number of urea groups is 1. The van der Waals surface area contributed by atoms with Crippen molar-refractivity contribution >= 4 is 23.6 Å². The number of benzene rings is 2. The zero-order chi connectivity index (χ0) is 23.3. The van der Waals surface area contributed by atoms with Crippen LogP contribution in [0.15, 0.2) is 47.6 Å². The predicted molar refractivity (Wildman–Crippen MR) is 109 cm³/mol. The molecular weight excluding hydrogens is 431 g/mol. The summed E-state index contributed by atoms with van der Waals surface area (Å²) in [6, 6.07) is 9.01. The molecule has 13 heteroatoms. The molecule has 0 fully saturated rings. The fourth-order valence-electron chi connectivity index (χ4n) is 3.26. The lowest BCUT2D eigenvalue weighted by Gasteiger charge is -2.16. The fourth-order valence-corrected chi connectivity index (χ4v) is 3.26. The number of hydrazone groups is 1. The number of rotatable bonds is 4. The molecule has 0 aromatic heterocycles. The molecule has 1 atom stereocenters. The van der Waals surface area contributed by atoms with Gasteiger partial charge in [-0.3, -0.25) is 15.5 Å². The van der Waals surface area contributed by atoms with Crippen LogP contribution in [0.4, 0.5) is 23.7 Å². The minimum absolute atomic E-state index is 0.0929. The number of amides is 3. The Kier molecular flexibility index (Phi) is 6.68. The van der Waals surface area contributed by atoms with Gasteiger partial charge in [-0.2, -0.15) is 0 Å². The summed E-state index contributed by atoms with van der Waals surface area (Å²) in [5, 5.41) is 11.1. The Hall–Kier alpha value is -4.00. The van der Waals surface area contributed by atoms with Gasteiger partial charge in [-0.25, -0.2) is 10.6 Å². The van der Waals surface area contributed by atoms with Crippen LogP contribution >= 0.6 is 0 Å². The molecule has 170 valence electrons. The molecule has 8 N–H and O–H groups in total. The lowest BCUT2D eigenvalue weighted by molar-refractivity contribution is -0.274. The van der Waals surface area contributed by atoms with Crippen molar-refractivity contribution in [2.75, 3.05) is 5.32 Å². The van der Waals surface area contributed by atoms with Gasteiger partial charge in [0.25, 0.3) is 5.91 Å². The first-order valence-electron chi connectivity index (χ1n) is 9.30. The number of carbonyl (C=O) groups excluding carboxylic acids is 2. The normalized spacial score (nSPS) is 15.5. The lowest BCUT2D eigenvalue weighted by atomic mass is 10.0. The third-order valence-corrected chi connectivity index (χ3v) is 4.63. The van der Waals surface area contributed by atoms with Crippen LogP contribution in [0.5, 0.6) is 5.75 Å². The summed E-state index contributed by atoms with van der Waals surface area (Å²) >= 11 is 0. The predicted octanol–water partition coefficient (Wildman–Crippen LogP) is 1.82. The number of fused-ring (bicyclic) bond motifs is 1. The smallest absolute Gasteiger partial charge is 0.406 e. The van der Waals surface area contributed by atoms with E-state index in [2.05, 4.69) is 31.2 Å². The minimum atomic E-state index is -4.79. The van der Waals surface area contributed by atoms with Crippen LogP contribution in [0.3, 0.4) is 0 Å². The number of hydrogen-bond acceptors (Lipinski definition) is 6. The van der Waals surface area contributed by atoms with Crippen molar-refractivity contribution in [1.82, 2.24) is 16.1 Å². The zero-order valence-corrected chi connectivity index (χ0v) is 16.5. The maximum absolute atomic E-state index is 12.3. The first kappa shape index (κ1) is 22.7. The molecule has 0 spiro atoms. The van der Waals surface area contributed by atoms with Gasteiger partial charge in [0.2, 0.25) is 5.96 Å². The molecule has 1 aliphatic rings. The highest BCUT2D eigenvalue weighted by Crippen LogP contribution is 2.32. The number of hydrogen-bond donors (Lipinski definition) is 6. The van der Waals surface area contributed by atoms with Crippen molar-refractivity contribution in [3.05, 3.63) is 59.2 Å². The van der Waals surface area contributed by atoms with E-state index in [1.54, 1.807) is 18.2 Å². The van der Waals surface area contributed by atoms with E-state index in [9.17, 15) is 22.8 Å². The third kappa shape index (κ3) is 5.78. The van der Waals surface area contributed by atoms with Crippen molar-refractivity contribution < 1.29 is 27.5 Å². The maximum atomic E-state index is 12.3. The summed E-state index contributed by atoms with van der Waals surface area (Å²) in [4.78, 5) is 24.6. The summed E-state index contributed by atoms with van der Waals surface area (Å²) in [5.41, 5.74) is 4.56. The standard InChI is InChI=1S/C19H20F3N7O3/c20-19(21,22)32-13-5-3-12(4-6-13)25-18(31)26-15-8-2-10-9-11(1-7-14(10)15)16(30)27-17(28-23)29-24/h1,3-7,9,15H,2,8,23-24H2,(H2,25,26,31)(H2,27,28,29,30). The van der Waals surface area contributed by atoms with Crippen LogP contribution in [0.1, 0.15) is 33.9 Å². The van der Waals surface area contributed by atoms with E-state index in [4.69, 9.17) is 11.7 Å². The van der Waals surface area contributed by atoms with Crippen LogP contribution in [-0.2, 0) is 6.42 Å². The van der Waals surface area contributed by atoms with Crippen LogP contribution in [0.2, 0.25) is 0 Å². The Morgan fingerprint density at radius 1 is 1.12 bits per heavy atom. The monoisotopic (exact) mass is 451 g/mol. The molecule has 0 saturated heterocycles. The van der Waals surface area contributed by atoms with Gasteiger partial charge in [-0.1, -0.05) is 6.07 Å². The Balaban J connectivity index is 1.59. The number of guanidine groups is 1. The van der Waals surface area contributed by atoms with E-state index in [1.165, 1.54) is 12.1 Å². The second-order valence-corrected chi connectivity index (χ2v) is 6.75. The molecule has 0 heterocycles. The van der Waals surface area contributed by atoms with Gasteiger partial charge in [0.05, 0.1) is 6.04 Å². The van der Waals surface area contributed by atoms with Gasteiger partial charge in [-0.05, 0) is 60.4 Å². The SMILES string of the molecule is N/N=C(\NN)NC(=O)c1ccc2c(c1)CCC2NC(=O)Nc1ccc(OC(F)(F)F)cc1. The van der Waals surface area contributed by atoms with E-state index in [0.29, 0.717) is 24.1 Å². The number of nitrogens with two attached hydrogens (primary N) is 2. The van der Waals surface area contributed by atoms with Crippen molar-refractivity contribution in [2.24, 2.45) is 16.8 Å². The fraction of sp³-hybridized carbons (Fsp3) is 0.211. The van der Waals surface area contributed by atoms with Crippen molar-refractivity contribution in [3.63, 3.8) is 0 Å². The van der Waals surface area contributed by atoms with Gasteiger partial charge in [-0.15, -0.1) is 18.3 Å². The Bertz CT molecular complexity index is 1030. The van der Waals surface area contributed by atoms with Gasteiger partial charge >= 0.3 is 12.4 Å². The van der Waals surface area contributed by atoms with Crippen LogP contribution in [-0.4, -0.2) is 24.3 Å². The summed E-state index contributed by atoms with van der Waals surface area (Å²) in [6.45, 7) is 0. The van der Waals surface area contributed by atoms with Crippen molar-refractivity contribution in [2.45, 2.75) is 25.2 Å². The molecule has 2 aromatic carbocycles. The van der Waals surface area contributed by atoms with Crippen LogP contribution < -0.4 is 37.8 Å². The topological polar surface area (TPSA) is 156 Å². The highest BCUT2D eigenvalue weighted by Gasteiger charge is 2.31. The highest BCUT2D eigenvalue weighted by molar-refractivity contribution is 6.05. The Morgan fingerprint density at radius 3 is 2.47 bits per heavy atom. The molecule has 1 aliphatic carbocycles. The van der Waals surface area contributed by atoms with E-state index >= 15 is 0 Å². The van der Waals surface area contributed by atoms with Crippen molar-refractivity contribution in [1.29, 1.82) is 0 Å². The Morgan fingerprint density at radius 2 is 1.84 bits per heavy atom. The second-order valence-electron chi connectivity index (χ2n) is 6.75. The number of hydrazine groups is 1. The van der Waals surface area contributed by atoms with E-state index in [-0.39, 0.29) is 17.8 Å². The number of carbonyl (C=O) groups is 2. The number of nitrogens with zero attached hydrogens (tertiary/aromatic N) is 1. The zero-order valence-electron chi connectivity index (χ0n) is 16.5. The molecule has 0 saturated carbocycles. The molecule has 3 amide bonds. The van der Waals surface area contributed by atoms with Crippen LogP contribution in [0, 0.1) is 0 Å². The van der Waals surface area contributed by atoms with E-state index in [0.717, 1.165) is 23.3 Å². The van der Waals surface area contributed by atoms with Gasteiger partial charge < -0.3 is 21.2 Å². The molecule has 10 nitrogen and oxygen atoms in total. The number of aryl methyl sites for hydroxylation is 1. The first-order chi connectivity index (χ1) is 15.2. The van der Waals surface area contributed by atoms with E-state index in [1.807, 2.05) is 0 Å². The number of ether oxygens (including phenoxy) is 1. The summed E-state index contributed by atoms with van der Waals surface area (Å²) in [7, 11) is 0. The third-order valence-electron chi connectivity index (χ3n) is 4.63. The number of halogens is 3. The first-order valence-corrected chi connectivity index (χ1v) is 9.30. The minimum Gasteiger partial charge on any atom is -0.406 e. The summed E-state index contributed by atoms with van der Waals surface area (Å²) in [5.74, 6) is 9.32. The van der Waals surface area contributed by atoms with Crippen molar-refractivity contribution in [3.8, 4) is 5.75 Å². The molecule has 32 heavy (non-hydrogen) atoms. The number of anilines is 1. The second kappa shape index (κ2) is 9.43. The van der Waals surface area contributed by atoms with Gasteiger partial charge in [0, 0.05) is 11.3 Å². The average molecular weight is 451 g/mol. The molecule has 0 aliphatic heterocycles. The molecule has 0 bridgehead atoms.